The molecule has 0 saturated heterocycles. The highest BCUT2D eigenvalue weighted by molar-refractivity contribution is 8.00. The Morgan fingerprint density at radius 1 is 1.22 bits per heavy atom. The van der Waals surface area contributed by atoms with Gasteiger partial charge >= 0.3 is 5.97 Å². The van der Waals surface area contributed by atoms with E-state index in [4.69, 9.17) is 4.74 Å². The molecule has 140 valence electrons. The second-order valence-electron chi connectivity index (χ2n) is 5.66. The number of para-hydroxylation sites is 1. The van der Waals surface area contributed by atoms with Crippen LogP contribution in [0.2, 0.25) is 0 Å². The summed E-state index contributed by atoms with van der Waals surface area (Å²) in [4.78, 5) is 35.7. The van der Waals surface area contributed by atoms with Gasteiger partial charge in [0.1, 0.15) is 16.2 Å². The van der Waals surface area contributed by atoms with Gasteiger partial charge in [-0.2, -0.15) is 0 Å². The molecular weight excluding hydrogens is 382 g/mol. The molecule has 0 aliphatic carbocycles. The Labute approximate surface area is 165 Å². The molecule has 0 radical (unpaired) electrons. The van der Waals surface area contributed by atoms with E-state index < -0.39 is 12.1 Å². The number of thiophene rings is 1. The molecule has 0 saturated carbocycles. The number of rotatable bonds is 7. The van der Waals surface area contributed by atoms with E-state index in [1.165, 1.54) is 29.4 Å². The van der Waals surface area contributed by atoms with Crippen LogP contribution in [0, 0.1) is 0 Å². The minimum atomic E-state index is -0.857. The third-order valence-electron chi connectivity index (χ3n) is 3.86. The third-order valence-corrected chi connectivity index (χ3v) is 5.66. The number of aromatic nitrogens is 2. The normalized spacial score (nSPS) is 11.9. The quantitative estimate of drug-likeness (QED) is 0.341. The zero-order chi connectivity index (χ0) is 19.2. The number of hydrogen-bond acceptors (Lipinski definition) is 7. The zero-order valence-electron chi connectivity index (χ0n) is 15.0. The van der Waals surface area contributed by atoms with E-state index in [1.807, 2.05) is 48.7 Å². The Balaban J connectivity index is 1.58. The lowest BCUT2D eigenvalue weighted by atomic mass is 10.2. The first kappa shape index (κ1) is 19.3. The molecule has 1 atom stereocenters. The number of benzene rings is 1. The Hall–Kier alpha value is -2.45. The van der Waals surface area contributed by atoms with Crippen LogP contribution in [0.3, 0.4) is 0 Å². The maximum atomic E-state index is 12.6. The predicted octanol–water partition coefficient (Wildman–Crippen LogP) is 3.77. The fraction of sp³-hybridized carbons (Fsp3) is 0.263. The van der Waals surface area contributed by atoms with Crippen molar-refractivity contribution in [3.05, 3.63) is 48.1 Å². The number of nitrogens with zero attached hydrogens (tertiary/aromatic N) is 3. The summed E-state index contributed by atoms with van der Waals surface area (Å²) in [6, 6.07) is 11.3. The number of carbonyl (C=O) groups excluding carboxylic acids is 2. The number of esters is 1. The van der Waals surface area contributed by atoms with Crippen molar-refractivity contribution in [1.29, 1.82) is 0 Å². The van der Waals surface area contributed by atoms with Crippen molar-refractivity contribution in [2.75, 3.05) is 17.2 Å². The second-order valence-corrected chi connectivity index (χ2v) is 7.52. The van der Waals surface area contributed by atoms with Gasteiger partial charge in [-0.05, 0) is 37.4 Å². The molecule has 0 fully saturated rings. The predicted molar refractivity (Wildman–Crippen MR) is 108 cm³/mol. The summed E-state index contributed by atoms with van der Waals surface area (Å²) >= 11 is 2.81. The van der Waals surface area contributed by atoms with E-state index >= 15 is 0 Å². The van der Waals surface area contributed by atoms with E-state index in [9.17, 15) is 9.59 Å². The van der Waals surface area contributed by atoms with Crippen LogP contribution in [0.4, 0.5) is 5.69 Å². The number of likely N-dealkylation sites (N-methyl/N-ethyl adjacent to an activating group) is 1. The Bertz CT molecular complexity index is 930. The molecular formula is C19H19N3O3S2. The van der Waals surface area contributed by atoms with Crippen molar-refractivity contribution >= 4 is 50.9 Å². The summed E-state index contributed by atoms with van der Waals surface area (Å²) in [6.45, 7) is 3.98. The average Bonchev–Trinajstić information content (AvgIpc) is 3.17. The van der Waals surface area contributed by atoms with Gasteiger partial charge in [0.05, 0.1) is 5.75 Å². The molecule has 1 aromatic carbocycles. The van der Waals surface area contributed by atoms with Gasteiger partial charge in [-0.25, -0.2) is 9.97 Å². The van der Waals surface area contributed by atoms with Gasteiger partial charge in [-0.1, -0.05) is 30.0 Å². The van der Waals surface area contributed by atoms with Gasteiger partial charge in [0.25, 0.3) is 5.91 Å². The largest absolute Gasteiger partial charge is 0.452 e. The fourth-order valence-corrected chi connectivity index (χ4v) is 4.15. The summed E-state index contributed by atoms with van der Waals surface area (Å²) in [5.74, 6) is -0.618. The van der Waals surface area contributed by atoms with Crippen LogP contribution >= 0.6 is 23.1 Å². The van der Waals surface area contributed by atoms with Gasteiger partial charge in [0, 0.05) is 17.6 Å². The molecule has 2 heterocycles. The van der Waals surface area contributed by atoms with Gasteiger partial charge in [0.15, 0.2) is 6.10 Å². The molecule has 2 aromatic heterocycles. The van der Waals surface area contributed by atoms with Crippen molar-refractivity contribution in [3.8, 4) is 0 Å². The first-order valence-corrected chi connectivity index (χ1v) is 10.3. The summed E-state index contributed by atoms with van der Waals surface area (Å²) in [5.41, 5.74) is 0.781. The van der Waals surface area contributed by atoms with Crippen LogP contribution in [-0.2, 0) is 14.3 Å². The smallest absolute Gasteiger partial charge is 0.317 e. The van der Waals surface area contributed by atoms with Crippen LogP contribution in [0.15, 0.2) is 53.1 Å². The van der Waals surface area contributed by atoms with Crippen LogP contribution in [0.5, 0.6) is 0 Å². The molecule has 8 heteroatoms. The number of fused-ring (bicyclic) bond motifs is 1. The van der Waals surface area contributed by atoms with E-state index in [0.717, 1.165) is 20.9 Å². The summed E-state index contributed by atoms with van der Waals surface area (Å²) in [5, 5.41) is 3.59. The van der Waals surface area contributed by atoms with Crippen molar-refractivity contribution < 1.29 is 14.3 Å². The van der Waals surface area contributed by atoms with Crippen LogP contribution in [-0.4, -0.2) is 40.2 Å². The Morgan fingerprint density at radius 3 is 2.74 bits per heavy atom. The van der Waals surface area contributed by atoms with E-state index in [-0.39, 0.29) is 11.7 Å². The molecule has 0 bridgehead atoms. The molecule has 0 aliphatic heterocycles. The van der Waals surface area contributed by atoms with Gasteiger partial charge in [-0.15, -0.1) is 11.3 Å². The molecule has 3 rings (SSSR count). The zero-order valence-corrected chi connectivity index (χ0v) is 16.6. The fourth-order valence-electron chi connectivity index (χ4n) is 2.58. The maximum absolute atomic E-state index is 12.6. The number of ether oxygens (including phenoxy) is 1. The third kappa shape index (κ3) is 4.64. The lowest BCUT2D eigenvalue weighted by molar-refractivity contribution is -0.151. The van der Waals surface area contributed by atoms with Crippen molar-refractivity contribution in [2.24, 2.45) is 0 Å². The molecule has 0 spiro atoms. The van der Waals surface area contributed by atoms with Gasteiger partial charge in [-0.3, -0.25) is 9.59 Å². The van der Waals surface area contributed by atoms with Crippen molar-refractivity contribution in [1.82, 2.24) is 9.97 Å². The highest BCUT2D eigenvalue weighted by Gasteiger charge is 2.24. The topological polar surface area (TPSA) is 72.4 Å². The molecule has 1 amide bonds. The SMILES string of the molecule is CCN(C(=O)[C@H](C)OC(=O)CSc1ncnc2sccc12)c1ccccc1. The van der Waals surface area contributed by atoms with Gasteiger partial charge in [0.2, 0.25) is 0 Å². The molecule has 3 aromatic rings. The number of thioether (sulfide) groups is 1. The minimum absolute atomic E-state index is 0.0804. The van der Waals surface area contributed by atoms with Crippen molar-refractivity contribution in [3.63, 3.8) is 0 Å². The lowest BCUT2D eigenvalue weighted by Crippen LogP contribution is -2.40. The number of carbonyl (C=O) groups is 2. The van der Waals surface area contributed by atoms with Crippen molar-refractivity contribution in [2.45, 2.75) is 25.0 Å². The standard InChI is InChI=1S/C19H19N3O3S2/c1-3-22(14-7-5-4-6-8-14)19(24)13(2)25-16(23)11-27-18-15-9-10-26-17(15)20-12-21-18/h4-10,12-13H,3,11H2,1-2H3/t13-/m0/s1. The van der Waals surface area contributed by atoms with Crippen LogP contribution in [0.25, 0.3) is 10.2 Å². The van der Waals surface area contributed by atoms with Crippen LogP contribution in [0.1, 0.15) is 13.8 Å². The van der Waals surface area contributed by atoms with E-state index in [0.29, 0.717) is 6.54 Å². The summed E-state index contributed by atoms with van der Waals surface area (Å²) < 4.78 is 5.34. The molecule has 27 heavy (non-hydrogen) atoms. The minimum Gasteiger partial charge on any atom is -0.452 e. The lowest BCUT2D eigenvalue weighted by Gasteiger charge is -2.24. The Kier molecular flexibility index (Phi) is 6.41. The average molecular weight is 402 g/mol. The van der Waals surface area contributed by atoms with Gasteiger partial charge < -0.3 is 9.64 Å². The first-order chi connectivity index (χ1) is 13.1. The highest BCUT2D eigenvalue weighted by Crippen LogP contribution is 2.27. The Morgan fingerprint density at radius 2 is 2.00 bits per heavy atom. The molecule has 0 aliphatic rings. The number of amides is 1. The highest BCUT2D eigenvalue weighted by atomic mass is 32.2. The molecule has 0 unspecified atom stereocenters. The van der Waals surface area contributed by atoms with Crippen LogP contribution < -0.4 is 4.90 Å². The second kappa shape index (κ2) is 8.96. The number of hydrogen-bond donors (Lipinski definition) is 0. The van der Waals surface area contributed by atoms with E-state index in [1.54, 1.807) is 11.8 Å². The molecule has 6 nitrogen and oxygen atoms in total. The maximum Gasteiger partial charge on any atom is 0.317 e. The molecule has 0 N–H and O–H groups in total. The van der Waals surface area contributed by atoms with E-state index in [2.05, 4.69) is 9.97 Å². The summed E-state index contributed by atoms with van der Waals surface area (Å²) in [6.07, 6.45) is 0.627. The monoisotopic (exact) mass is 401 g/mol. The first-order valence-electron chi connectivity index (χ1n) is 8.47. The summed E-state index contributed by atoms with van der Waals surface area (Å²) in [7, 11) is 0. The number of anilines is 1.